The monoisotopic (exact) mass is 375 g/mol. The van der Waals surface area contributed by atoms with E-state index in [-0.39, 0.29) is 27.7 Å². The first-order valence-corrected chi connectivity index (χ1v) is 5.61. The Kier molecular flexibility index (Phi) is 5.31. The molecule has 0 saturated carbocycles. The fraction of sp³-hybridized carbons (Fsp3) is 0.167. The standard InChI is InChI=1S/C12H10ClFN2O2.Ag/c1-7(8-5-3-2-4-6-8)16-9(11(17)18)10(14)15-12(16)13;/h2-7H,1H3,(H,17,18);. The first-order valence-electron chi connectivity index (χ1n) is 5.24. The number of aromatic nitrogens is 2. The van der Waals surface area contributed by atoms with Crippen molar-refractivity contribution in [3.63, 3.8) is 0 Å². The number of imidazole rings is 1. The third-order valence-corrected chi connectivity index (χ3v) is 2.96. The maximum absolute atomic E-state index is 13.4. The van der Waals surface area contributed by atoms with Gasteiger partial charge in [-0.25, -0.2) is 4.79 Å². The van der Waals surface area contributed by atoms with Crippen molar-refractivity contribution in [2.75, 3.05) is 0 Å². The number of benzene rings is 1. The zero-order valence-corrected chi connectivity index (χ0v) is 12.0. The maximum atomic E-state index is 13.4. The van der Waals surface area contributed by atoms with Crippen LogP contribution in [0.2, 0.25) is 5.28 Å². The fourth-order valence-corrected chi connectivity index (χ4v) is 2.11. The van der Waals surface area contributed by atoms with Crippen molar-refractivity contribution in [1.29, 1.82) is 0 Å². The Morgan fingerprint density at radius 3 is 2.53 bits per heavy atom. The van der Waals surface area contributed by atoms with Gasteiger partial charge in [0.15, 0.2) is 5.69 Å². The van der Waals surface area contributed by atoms with E-state index in [1.807, 2.05) is 30.3 Å². The van der Waals surface area contributed by atoms with E-state index in [4.69, 9.17) is 16.7 Å². The van der Waals surface area contributed by atoms with Crippen molar-refractivity contribution in [3.8, 4) is 0 Å². The van der Waals surface area contributed by atoms with E-state index in [9.17, 15) is 9.18 Å². The average molecular weight is 377 g/mol. The zero-order valence-electron chi connectivity index (χ0n) is 9.77. The van der Waals surface area contributed by atoms with Gasteiger partial charge in [-0.05, 0) is 24.1 Å². The average Bonchev–Trinajstić information content (AvgIpc) is 2.64. The smallest absolute Gasteiger partial charge is 0.357 e. The molecule has 19 heavy (non-hydrogen) atoms. The minimum absolute atomic E-state index is 0. The number of rotatable bonds is 3. The van der Waals surface area contributed by atoms with Crippen LogP contribution in [-0.4, -0.2) is 20.6 Å². The van der Waals surface area contributed by atoms with E-state index in [0.29, 0.717) is 0 Å². The normalized spacial score (nSPS) is 11.7. The van der Waals surface area contributed by atoms with Crippen LogP contribution in [0.5, 0.6) is 0 Å². The number of hydrogen-bond donors (Lipinski definition) is 1. The van der Waals surface area contributed by atoms with Crippen LogP contribution in [0.4, 0.5) is 4.39 Å². The third kappa shape index (κ3) is 3.06. The minimum Gasteiger partial charge on any atom is -0.476 e. The molecular formula is C12H10AgClFN2O2. The quantitative estimate of drug-likeness (QED) is 0.838. The second-order valence-electron chi connectivity index (χ2n) is 3.78. The van der Waals surface area contributed by atoms with E-state index >= 15 is 0 Å². The number of halogens is 2. The Hall–Kier alpha value is -1.14. The molecular weight excluding hydrogens is 366 g/mol. The molecule has 0 aliphatic rings. The molecule has 0 saturated heterocycles. The molecule has 7 heteroatoms. The van der Waals surface area contributed by atoms with Gasteiger partial charge in [-0.2, -0.15) is 9.37 Å². The largest absolute Gasteiger partial charge is 0.476 e. The van der Waals surface area contributed by atoms with E-state index in [0.717, 1.165) is 10.1 Å². The molecule has 0 aliphatic carbocycles. The third-order valence-electron chi connectivity index (χ3n) is 2.70. The van der Waals surface area contributed by atoms with Crippen LogP contribution < -0.4 is 0 Å². The summed E-state index contributed by atoms with van der Waals surface area (Å²) in [6, 6.07) is 8.67. The summed E-state index contributed by atoms with van der Waals surface area (Å²) in [6.07, 6.45) is 0. The van der Waals surface area contributed by atoms with Gasteiger partial charge >= 0.3 is 5.97 Å². The van der Waals surface area contributed by atoms with Crippen molar-refractivity contribution in [1.82, 2.24) is 9.55 Å². The van der Waals surface area contributed by atoms with Crippen molar-refractivity contribution < 1.29 is 36.7 Å². The summed E-state index contributed by atoms with van der Waals surface area (Å²) < 4.78 is 14.6. The van der Waals surface area contributed by atoms with Crippen molar-refractivity contribution in [2.24, 2.45) is 0 Å². The molecule has 1 heterocycles. The first-order chi connectivity index (χ1) is 8.52. The second kappa shape index (κ2) is 6.34. The molecule has 1 aromatic heterocycles. The summed E-state index contributed by atoms with van der Waals surface area (Å²) in [5.74, 6) is -2.47. The molecule has 0 aliphatic heterocycles. The van der Waals surface area contributed by atoms with Gasteiger partial charge in [0.25, 0.3) is 0 Å². The number of carboxylic acid groups (broad SMARTS) is 1. The topological polar surface area (TPSA) is 55.1 Å². The van der Waals surface area contributed by atoms with Crippen molar-refractivity contribution >= 4 is 17.6 Å². The molecule has 1 atom stereocenters. The molecule has 0 amide bonds. The molecule has 2 rings (SSSR count). The molecule has 2 aromatic rings. The fourth-order valence-electron chi connectivity index (χ4n) is 1.80. The van der Waals surface area contributed by atoms with Crippen LogP contribution in [0.15, 0.2) is 30.3 Å². The van der Waals surface area contributed by atoms with Gasteiger partial charge in [-0.15, -0.1) is 0 Å². The molecule has 4 nitrogen and oxygen atoms in total. The Morgan fingerprint density at radius 1 is 1.42 bits per heavy atom. The van der Waals surface area contributed by atoms with Crippen LogP contribution >= 0.6 is 11.6 Å². The van der Waals surface area contributed by atoms with Gasteiger partial charge in [0.1, 0.15) is 0 Å². The summed E-state index contributed by atoms with van der Waals surface area (Å²) in [6.45, 7) is 1.73. The summed E-state index contributed by atoms with van der Waals surface area (Å²) in [5, 5.41) is 8.82. The molecule has 105 valence electrons. The first kappa shape index (κ1) is 15.9. The number of aromatic carboxylic acids is 1. The number of carboxylic acids is 1. The number of hydrogen-bond acceptors (Lipinski definition) is 2. The number of carbonyl (C=O) groups is 1. The molecule has 0 fully saturated rings. The molecule has 1 unspecified atom stereocenters. The summed E-state index contributed by atoms with van der Waals surface area (Å²) in [4.78, 5) is 14.4. The Balaban J connectivity index is 0.00000180. The van der Waals surface area contributed by atoms with Crippen LogP contribution in [0, 0.1) is 5.95 Å². The Labute approximate surface area is 129 Å². The van der Waals surface area contributed by atoms with Crippen molar-refractivity contribution in [3.05, 3.63) is 52.8 Å². The Morgan fingerprint density at radius 2 is 2.00 bits per heavy atom. The van der Waals surface area contributed by atoms with E-state index in [1.165, 1.54) is 0 Å². The van der Waals surface area contributed by atoms with Gasteiger partial charge in [-0.3, -0.25) is 4.57 Å². The van der Waals surface area contributed by atoms with E-state index < -0.39 is 23.7 Å². The summed E-state index contributed by atoms with van der Waals surface area (Å²) >= 11 is 5.79. The van der Waals surface area contributed by atoms with Gasteiger partial charge in [0, 0.05) is 22.4 Å². The molecule has 1 N–H and O–H groups in total. The Bertz CT molecular complexity index is 589. The predicted octanol–water partition coefficient (Wildman–Crippen LogP) is 2.98. The van der Waals surface area contributed by atoms with Crippen LogP contribution in [0.1, 0.15) is 29.0 Å². The van der Waals surface area contributed by atoms with Crippen molar-refractivity contribution in [2.45, 2.75) is 13.0 Å². The second-order valence-corrected chi connectivity index (χ2v) is 4.12. The van der Waals surface area contributed by atoms with E-state index in [1.54, 1.807) is 6.92 Å². The molecule has 0 spiro atoms. The van der Waals surface area contributed by atoms with Gasteiger partial charge < -0.3 is 5.11 Å². The van der Waals surface area contributed by atoms with Crippen LogP contribution in [0.3, 0.4) is 0 Å². The van der Waals surface area contributed by atoms with Crippen LogP contribution in [-0.2, 0) is 22.4 Å². The zero-order chi connectivity index (χ0) is 13.3. The maximum Gasteiger partial charge on any atom is 0.357 e. The molecule has 0 bridgehead atoms. The minimum atomic E-state index is -1.39. The summed E-state index contributed by atoms with van der Waals surface area (Å²) in [7, 11) is 0. The molecule has 1 radical (unpaired) electrons. The molecule has 1 aromatic carbocycles. The van der Waals surface area contributed by atoms with Gasteiger partial charge in [-0.1, -0.05) is 30.3 Å². The summed E-state index contributed by atoms with van der Waals surface area (Å²) in [5.41, 5.74) is 0.288. The predicted molar refractivity (Wildman–Crippen MR) is 64.4 cm³/mol. The van der Waals surface area contributed by atoms with E-state index in [2.05, 4.69) is 4.98 Å². The van der Waals surface area contributed by atoms with Gasteiger partial charge in [0.2, 0.25) is 11.2 Å². The van der Waals surface area contributed by atoms with Gasteiger partial charge in [0.05, 0.1) is 6.04 Å². The van der Waals surface area contributed by atoms with Crippen LogP contribution in [0.25, 0.3) is 0 Å². The SMILES string of the molecule is CC(c1ccccc1)n1c(Cl)nc(F)c1C(=O)O.[Ag]. The number of nitrogens with zero attached hydrogens (tertiary/aromatic N) is 2.